The first kappa shape index (κ1) is 11.7. The van der Waals surface area contributed by atoms with E-state index in [0.717, 1.165) is 0 Å². The Labute approximate surface area is 68.5 Å². The van der Waals surface area contributed by atoms with Gasteiger partial charge >= 0.3 is 0 Å². The molecule has 0 heterocycles. The van der Waals surface area contributed by atoms with Gasteiger partial charge in [0.2, 0.25) is 0 Å². The SMILES string of the molecule is C[C@H](ON(O)O)[C@@H](C)ON(O)O. The van der Waals surface area contributed by atoms with E-state index in [0.29, 0.717) is 0 Å². The lowest BCUT2D eigenvalue weighted by molar-refractivity contribution is -0.535. The monoisotopic (exact) mass is 184 g/mol. The summed E-state index contributed by atoms with van der Waals surface area (Å²) >= 11 is 0. The summed E-state index contributed by atoms with van der Waals surface area (Å²) in [5, 5.41) is 31.7. The van der Waals surface area contributed by atoms with Crippen LogP contribution in [0.2, 0.25) is 0 Å². The van der Waals surface area contributed by atoms with Crippen molar-refractivity contribution in [1.82, 2.24) is 10.8 Å². The molecular formula is C4H12N2O6. The van der Waals surface area contributed by atoms with Crippen LogP contribution in [0.3, 0.4) is 0 Å². The summed E-state index contributed by atoms with van der Waals surface area (Å²) in [6.07, 6.45) is -1.52. The van der Waals surface area contributed by atoms with E-state index < -0.39 is 23.0 Å². The van der Waals surface area contributed by atoms with E-state index in [1.165, 1.54) is 13.8 Å². The Bertz CT molecular complexity index is 106. The van der Waals surface area contributed by atoms with E-state index >= 15 is 0 Å². The summed E-state index contributed by atoms with van der Waals surface area (Å²) in [5.74, 6) is 0. The maximum Gasteiger partial charge on any atom is 0.110 e. The molecule has 0 aliphatic carbocycles. The summed E-state index contributed by atoms with van der Waals surface area (Å²) in [6.45, 7) is 2.88. The molecule has 0 saturated heterocycles. The number of hydrogen-bond donors (Lipinski definition) is 4. The predicted molar refractivity (Wildman–Crippen MR) is 31.9 cm³/mol. The van der Waals surface area contributed by atoms with E-state index in [9.17, 15) is 0 Å². The molecule has 0 amide bonds. The Kier molecular flexibility index (Phi) is 5.20. The van der Waals surface area contributed by atoms with Crippen molar-refractivity contribution in [3.05, 3.63) is 0 Å². The van der Waals surface area contributed by atoms with Crippen LogP contribution in [0.15, 0.2) is 0 Å². The Morgan fingerprint density at radius 1 is 0.833 bits per heavy atom. The van der Waals surface area contributed by atoms with Crippen LogP contribution in [0.5, 0.6) is 0 Å². The average Bonchev–Trinajstić information content (AvgIpc) is 1.84. The van der Waals surface area contributed by atoms with Gasteiger partial charge in [0.15, 0.2) is 0 Å². The lowest BCUT2D eigenvalue weighted by atomic mass is 10.3. The minimum absolute atomic E-state index is 0.483. The minimum atomic E-state index is -0.762. The van der Waals surface area contributed by atoms with Gasteiger partial charge in [-0.15, -0.1) is 0 Å². The fourth-order valence-electron chi connectivity index (χ4n) is 0.469. The van der Waals surface area contributed by atoms with Gasteiger partial charge in [-0.3, -0.25) is 20.8 Å². The van der Waals surface area contributed by atoms with Crippen molar-refractivity contribution in [2.75, 3.05) is 0 Å². The molecule has 8 heteroatoms. The maximum atomic E-state index is 8.18. The first-order valence-electron chi connectivity index (χ1n) is 3.12. The number of nitrogens with zero attached hydrogens (tertiary/aromatic N) is 2. The highest BCUT2D eigenvalue weighted by atomic mass is 17.1. The van der Waals surface area contributed by atoms with Crippen LogP contribution >= 0.6 is 0 Å². The normalized spacial score (nSPS) is 17.0. The molecule has 0 bridgehead atoms. The fourth-order valence-corrected chi connectivity index (χ4v) is 0.469. The second-order valence-electron chi connectivity index (χ2n) is 2.13. The Hall–Kier alpha value is -0.320. The van der Waals surface area contributed by atoms with Crippen LogP contribution < -0.4 is 0 Å². The third-order valence-electron chi connectivity index (χ3n) is 1.18. The second-order valence-corrected chi connectivity index (χ2v) is 2.13. The first-order valence-corrected chi connectivity index (χ1v) is 3.12. The van der Waals surface area contributed by atoms with Crippen molar-refractivity contribution in [3.63, 3.8) is 0 Å². The zero-order valence-electron chi connectivity index (χ0n) is 6.65. The highest BCUT2D eigenvalue weighted by Gasteiger charge is 2.18. The highest BCUT2D eigenvalue weighted by molar-refractivity contribution is 4.55. The van der Waals surface area contributed by atoms with Crippen molar-refractivity contribution in [3.8, 4) is 0 Å². The lowest BCUT2D eigenvalue weighted by Gasteiger charge is -2.21. The third kappa shape index (κ3) is 5.35. The van der Waals surface area contributed by atoms with E-state index in [1.54, 1.807) is 0 Å². The quantitative estimate of drug-likeness (QED) is 0.435. The van der Waals surface area contributed by atoms with Crippen LogP contribution in [0, 0.1) is 0 Å². The van der Waals surface area contributed by atoms with Crippen LogP contribution in [0.25, 0.3) is 0 Å². The molecule has 0 fully saturated rings. The third-order valence-corrected chi connectivity index (χ3v) is 1.18. The second kappa shape index (κ2) is 5.35. The van der Waals surface area contributed by atoms with Gasteiger partial charge in [0, 0.05) is 0 Å². The summed E-state index contributed by atoms with van der Waals surface area (Å²) in [7, 11) is 0. The minimum Gasteiger partial charge on any atom is -0.266 e. The summed E-state index contributed by atoms with van der Waals surface area (Å²) in [5.41, 5.74) is 0. The first-order chi connectivity index (χ1) is 5.43. The molecule has 0 aliphatic heterocycles. The predicted octanol–water partition coefficient (Wildman–Crippen LogP) is -0.213. The van der Waals surface area contributed by atoms with Gasteiger partial charge in [-0.05, 0) is 13.8 Å². The molecule has 2 atom stereocenters. The number of rotatable bonds is 5. The van der Waals surface area contributed by atoms with Gasteiger partial charge in [0.25, 0.3) is 0 Å². The molecule has 0 spiro atoms. The van der Waals surface area contributed by atoms with Gasteiger partial charge in [0.05, 0.1) is 10.8 Å². The molecule has 0 rings (SSSR count). The smallest absolute Gasteiger partial charge is 0.110 e. The van der Waals surface area contributed by atoms with Crippen LogP contribution in [-0.4, -0.2) is 43.8 Å². The van der Waals surface area contributed by atoms with Crippen molar-refractivity contribution in [1.29, 1.82) is 0 Å². The van der Waals surface area contributed by atoms with Crippen LogP contribution in [0.1, 0.15) is 13.8 Å². The molecule has 0 radical (unpaired) electrons. The number of hydrogen-bond acceptors (Lipinski definition) is 8. The van der Waals surface area contributed by atoms with Gasteiger partial charge in [-0.2, -0.15) is 0 Å². The van der Waals surface area contributed by atoms with Crippen molar-refractivity contribution >= 4 is 0 Å². The van der Waals surface area contributed by atoms with Crippen molar-refractivity contribution in [2.45, 2.75) is 26.1 Å². The van der Waals surface area contributed by atoms with E-state index in [2.05, 4.69) is 9.68 Å². The summed E-state index contributed by atoms with van der Waals surface area (Å²) < 4.78 is 0. The molecule has 0 unspecified atom stereocenters. The van der Waals surface area contributed by atoms with Gasteiger partial charge in [-0.25, -0.2) is 9.68 Å². The maximum absolute atomic E-state index is 8.18. The molecule has 0 saturated carbocycles. The zero-order valence-corrected chi connectivity index (χ0v) is 6.65. The van der Waals surface area contributed by atoms with Gasteiger partial charge in [-0.1, -0.05) is 0 Å². The largest absolute Gasteiger partial charge is 0.266 e. The molecule has 74 valence electrons. The van der Waals surface area contributed by atoms with Gasteiger partial charge < -0.3 is 0 Å². The fraction of sp³-hybridized carbons (Fsp3) is 1.00. The van der Waals surface area contributed by atoms with E-state index in [-0.39, 0.29) is 0 Å². The Morgan fingerprint density at radius 3 is 1.25 bits per heavy atom. The topological polar surface area (TPSA) is 106 Å². The van der Waals surface area contributed by atoms with Crippen LogP contribution in [0.4, 0.5) is 0 Å². The molecular weight excluding hydrogens is 172 g/mol. The Morgan fingerprint density at radius 2 is 1.08 bits per heavy atom. The van der Waals surface area contributed by atoms with E-state index in [1.807, 2.05) is 0 Å². The molecule has 0 aliphatic rings. The molecule has 0 aromatic heterocycles. The summed E-state index contributed by atoms with van der Waals surface area (Å²) in [4.78, 5) is 8.57. The van der Waals surface area contributed by atoms with Crippen molar-refractivity contribution < 1.29 is 30.5 Å². The van der Waals surface area contributed by atoms with E-state index in [4.69, 9.17) is 20.8 Å². The summed E-state index contributed by atoms with van der Waals surface area (Å²) in [6, 6.07) is 0. The zero-order chi connectivity index (χ0) is 9.72. The molecule has 0 aromatic rings. The Balaban J connectivity index is 3.68. The lowest BCUT2D eigenvalue weighted by Crippen LogP contribution is -2.35. The van der Waals surface area contributed by atoms with Crippen LogP contribution in [-0.2, 0) is 9.68 Å². The molecule has 8 nitrogen and oxygen atoms in total. The standard InChI is InChI=1S/C4H12N2O6/c1-3(11-5(7)8)4(2)12-6(9)10/h3-4,7-10H,1-2H3/t3-,4+. The van der Waals surface area contributed by atoms with Gasteiger partial charge in [0.1, 0.15) is 12.2 Å². The highest BCUT2D eigenvalue weighted by Crippen LogP contribution is 2.03. The molecule has 12 heavy (non-hydrogen) atoms. The molecule has 4 N–H and O–H groups in total. The average molecular weight is 184 g/mol. The van der Waals surface area contributed by atoms with Crippen molar-refractivity contribution in [2.24, 2.45) is 0 Å². The molecule has 0 aromatic carbocycles.